The van der Waals surface area contributed by atoms with Crippen LogP contribution in [0.4, 0.5) is 5.82 Å². The van der Waals surface area contributed by atoms with Crippen LogP contribution in [0.25, 0.3) is 21.9 Å². The van der Waals surface area contributed by atoms with Crippen LogP contribution in [0.1, 0.15) is 12.2 Å². The minimum Gasteiger partial charge on any atom is -0.493 e. The SMILES string of the molecule is Nc1nc2cc(OCCCn3cccc3)ccc2c2c1nc1n2CCOC1. The molecule has 7 heteroatoms. The Kier molecular flexibility index (Phi) is 3.94. The average molecular weight is 363 g/mol. The molecule has 0 bridgehead atoms. The highest BCUT2D eigenvalue weighted by molar-refractivity contribution is 6.06. The standard InChI is InChI=1S/C20H21N5O2/c21-20-18-19(25-9-11-26-13-17(25)23-18)15-5-4-14(12-16(15)22-20)27-10-3-8-24-6-1-2-7-24/h1-2,4-7,12H,3,8-11,13H2,(H2,21,22). The van der Waals surface area contributed by atoms with Crippen LogP contribution in [0.15, 0.2) is 42.7 Å². The van der Waals surface area contributed by atoms with Crippen molar-refractivity contribution in [2.45, 2.75) is 26.1 Å². The minimum atomic E-state index is 0.448. The first-order valence-electron chi connectivity index (χ1n) is 9.19. The van der Waals surface area contributed by atoms with E-state index >= 15 is 0 Å². The summed E-state index contributed by atoms with van der Waals surface area (Å²) in [5.74, 6) is 2.16. The zero-order valence-electron chi connectivity index (χ0n) is 15.0. The lowest BCUT2D eigenvalue weighted by Crippen LogP contribution is -2.16. The summed E-state index contributed by atoms with van der Waals surface area (Å²) in [6, 6.07) is 10.1. The van der Waals surface area contributed by atoms with Crippen molar-refractivity contribution in [3.63, 3.8) is 0 Å². The van der Waals surface area contributed by atoms with Crippen LogP contribution in [-0.4, -0.2) is 32.3 Å². The van der Waals surface area contributed by atoms with E-state index in [0.717, 1.165) is 53.0 Å². The first kappa shape index (κ1) is 16.1. The number of fused-ring (bicyclic) bond motifs is 5. The lowest BCUT2D eigenvalue weighted by molar-refractivity contribution is 0.0831. The Morgan fingerprint density at radius 1 is 1.19 bits per heavy atom. The molecule has 2 N–H and O–H groups in total. The van der Waals surface area contributed by atoms with Gasteiger partial charge >= 0.3 is 0 Å². The Labute approximate surface area is 156 Å². The molecule has 0 aliphatic carbocycles. The molecule has 0 saturated heterocycles. The minimum absolute atomic E-state index is 0.448. The molecule has 0 spiro atoms. The van der Waals surface area contributed by atoms with E-state index < -0.39 is 0 Å². The van der Waals surface area contributed by atoms with Crippen molar-refractivity contribution < 1.29 is 9.47 Å². The molecule has 1 aromatic carbocycles. The largest absolute Gasteiger partial charge is 0.493 e. The zero-order chi connectivity index (χ0) is 18.2. The van der Waals surface area contributed by atoms with E-state index in [2.05, 4.69) is 37.6 Å². The maximum atomic E-state index is 6.19. The summed E-state index contributed by atoms with van der Waals surface area (Å²) >= 11 is 0. The second-order valence-corrected chi connectivity index (χ2v) is 6.73. The molecule has 0 atom stereocenters. The number of ether oxygens (including phenoxy) is 2. The topological polar surface area (TPSA) is 80.1 Å². The van der Waals surface area contributed by atoms with E-state index in [0.29, 0.717) is 25.6 Å². The number of hydrogen-bond donors (Lipinski definition) is 1. The Morgan fingerprint density at radius 2 is 2.07 bits per heavy atom. The number of aromatic nitrogens is 4. The Morgan fingerprint density at radius 3 is 2.96 bits per heavy atom. The molecule has 4 heterocycles. The quantitative estimate of drug-likeness (QED) is 0.552. The molecular weight excluding hydrogens is 342 g/mol. The van der Waals surface area contributed by atoms with E-state index in [-0.39, 0.29) is 0 Å². The fraction of sp³-hybridized carbons (Fsp3) is 0.300. The lowest BCUT2D eigenvalue weighted by Gasteiger charge is -2.15. The van der Waals surface area contributed by atoms with Gasteiger partial charge in [0.05, 0.1) is 24.2 Å². The van der Waals surface area contributed by atoms with Crippen LogP contribution in [0.2, 0.25) is 0 Å². The Bertz CT molecular complexity index is 1100. The predicted octanol–water partition coefficient (Wildman–Crippen LogP) is 2.97. The first-order chi connectivity index (χ1) is 13.3. The molecule has 0 unspecified atom stereocenters. The number of nitrogens with two attached hydrogens (primary N) is 1. The first-order valence-corrected chi connectivity index (χ1v) is 9.19. The normalized spacial score (nSPS) is 13.9. The van der Waals surface area contributed by atoms with Gasteiger partial charge in [0, 0.05) is 36.9 Å². The van der Waals surface area contributed by atoms with Gasteiger partial charge in [-0.05, 0) is 30.7 Å². The van der Waals surface area contributed by atoms with Gasteiger partial charge in [-0.3, -0.25) is 0 Å². The summed E-state index contributed by atoms with van der Waals surface area (Å²) in [5.41, 5.74) is 8.81. The number of aryl methyl sites for hydroxylation is 1. The van der Waals surface area contributed by atoms with Crippen molar-refractivity contribution >= 4 is 27.8 Å². The van der Waals surface area contributed by atoms with Gasteiger partial charge in [-0.1, -0.05) is 0 Å². The summed E-state index contributed by atoms with van der Waals surface area (Å²) in [6.07, 6.45) is 5.06. The second-order valence-electron chi connectivity index (χ2n) is 6.73. The van der Waals surface area contributed by atoms with Crippen molar-refractivity contribution in [2.24, 2.45) is 0 Å². The van der Waals surface area contributed by atoms with Crippen molar-refractivity contribution in [3.8, 4) is 5.75 Å². The molecule has 0 radical (unpaired) electrons. The highest BCUT2D eigenvalue weighted by Gasteiger charge is 2.19. The van der Waals surface area contributed by atoms with Crippen LogP contribution >= 0.6 is 0 Å². The fourth-order valence-electron chi connectivity index (χ4n) is 3.65. The molecule has 4 aromatic rings. The monoisotopic (exact) mass is 363 g/mol. The molecule has 1 aliphatic rings. The van der Waals surface area contributed by atoms with Gasteiger partial charge in [-0.25, -0.2) is 9.97 Å². The zero-order valence-corrected chi connectivity index (χ0v) is 15.0. The molecule has 5 rings (SSSR count). The number of hydrogen-bond acceptors (Lipinski definition) is 5. The maximum Gasteiger partial charge on any atom is 0.152 e. The van der Waals surface area contributed by atoms with Gasteiger partial charge in [-0.2, -0.15) is 0 Å². The van der Waals surface area contributed by atoms with E-state index in [9.17, 15) is 0 Å². The molecule has 0 fully saturated rings. The van der Waals surface area contributed by atoms with E-state index in [1.54, 1.807) is 0 Å². The fourth-order valence-corrected chi connectivity index (χ4v) is 3.65. The summed E-state index contributed by atoms with van der Waals surface area (Å²) in [4.78, 5) is 9.18. The summed E-state index contributed by atoms with van der Waals surface area (Å²) in [5, 5.41) is 1.04. The van der Waals surface area contributed by atoms with Gasteiger partial charge < -0.3 is 24.3 Å². The molecule has 3 aromatic heterocycles. The Balaban J connectivity index is 1.42. The molecule has 0 amide bonds. The third-order valence-electron chi connectivity index (χ3n) is 4.94. The van der Waals surface area contributed by atoms with Crippen molar-refractivity contribution in [3.05, 3.63) is 48.5 Å². The average Bonchev–Trinajstić information content (AvgIpc) is 3.33. The van der Waals surface area contributed by atoms with Gasteiger partial charge in [0.2, 0.25) is 0 Å². The predicted molar refractivity (Wildman–Crippen MR) is 104 cm³/mol. The number of nitrogens with zero attached hydrogens (tertiary/aromatic N) is 4. The van der Waals surface area contributed by atoms with E-state index in [4.69, 9.17) is 15.2 Å². The van der Waals surface area contributed by atoms with Gasteiger partial charge in [-0.15, -0.1) is 0 Å². The van der Waals surface area contributed by atoms with Crippen LogP contribution in [0.3, 0.4) is 0 Å². The third kappa shape index (κ3) is 2.90. The van der Waals surface area contributed by atoms with Gasteiger partial charge in [0.25, 0.3) is 0 Å². The maximum absolute atomic E-state index is 6.19. The molecule has 138 valence electrons. The van der Waals surface area contributed by atoms with Crippen LogP contribution in [0, 0.1) is 0 Å². The Hall–Kier alpha value is -3.06. The smallest absolute Gasteiger partial charge is 0.152 e. The third-order valence-corrected chi connectivity index (χ3v) is 4.94. The summed E-state index contributed by atoms with van der Waals surface area (Å²) in [6.45, 7) is 3.57. The highest BCUT2D eigenvalue weighted by atomic mass is 16.5. The summed E-state index contributed by atoms with van der Waals surface area (Å²) in [7, 11) is 0. The van der Waals surface area contributed by atoms with E-state index in [1.807, 2.05) is 24.3 Å². The molecule has 0 saturated carbocycles. The van der Waals surface area contributed by atoms with Gasteiger partial charge in [0.15, 0.2) is 5.82 Å². The molecule has 1 aliphatic heterocycles. The number of imidazole rings is 1. The molecule has 7 nitrogen and oxygen atoms in total. The van der Waals surface area contributed by atoms with Crippen molar-refractivity contribution in [1.82, 2.24) is 19.1 Å². The van der Waals surface area contributed by atoms with Crippen molar-refractivity contribution in [2.75, 3.05) is 18.9 Å². The van der Waals surface area contributed by atoms with Crippen LogP contribution < -0.4 is 10.5 Å². The lowest BCUT2D eigenvalue weighted by atomic mass is 10.1. The molecular formula is C20H21N5O2. The van der Waals surface area contributed by atoms with Gasteiger partial charge in [0.1, 0.15) is 23.7 Å². The number of anilines is 1. The number of benzene rings is 1. The number of nitrogen functional groups attached to an aromatic ring is 1. The van der Waals surface area contributed by atoms with E-state index in [1.165, 1.54) is 0 Å². The summed E-state index contributed by atoms with van der Waals surface area (Å²) < 4.78 is 15.8. The van der Waals surface area contributed by atoms with Crippen molar-refractivity contribution in [1.29, 1.82) is 0 Å². The number of rotatable bonds is 5. The molecule has 27 heavy (non-hydrogen) atoms. The second kappa shape index (κ2) is 6.59. The number of pyridine rings is 1. The highest BCUT2D eigenvalue weighted by Crippen LogP contribution is 2.31. The van der Waals surface area contributed by atoms with Crippen LogP contribution in [0.5, 0.6) is 5.75 Å². The van der Waals surface area contributed by atoms with Crippen LogP contribution in [-0.2, 0) is 24.4 Å².